The molecule has 0 aromatic carbocycles. The van der Waals surface area contributed by atoms with Gasteiger partial charge >= 0.3 is 6.18 Å². The minimum atomic E-state index is -4.14. The maximum atomic E-state index is 12.0. The number of hydrogen-bond acceptors (Lipinski definition) is 3. The van der Waals surface area contributed by atoms with E-state index in [2.05, 4.69) is 4.98 Å². The number of pyridine rings is 1. The summed E-state index contributed by atoms with van der Waals surface area (Å²) in [6, 6.07) is 3.32. The zero-order chi connectivity index (χ0) is 13.1. The maximum Gasteiger partial charge on any atom is 0.390 e. The molecule has 6 heteroatoms. The number of anilines is 1. The van der Waals surface area contributed by atoms with Gasteiger partial charge in [0.2, 0.25) is 0 Å². The second kappa shape index (κ2) is 5.35. The molecule has 0 spiro atoms. The standard InChI is InChI=1S/C11H16F3N3/c1-8(15)9-3-4-10(16-7-9)17(2)6-5-11(12,13)14/h3-4,7-8H,5-6,15H2,1-2H3. The van der Waals surface area contributed by atoms with E-state index < -0.39 is 12.6 Å². The van der Waals surface area contributed by atoms with Crippen molar-refractivity contribution in [2.24, 2.45) is 5.73 Å². The van der Waals surface area contributed by atoms with E-state index in [1.165, 1.54) is 4.90 Å². The summed E-state index contributed by atoms with van der Waals surface area (Å²) in [5.74, 6) is 0.513. The molecule has 3 nitrogen and oxygen atoms in total. The van der Waals surface area contributed by atoms with E-state index in [9.17, 15) is 13.2 Å². The van der Waals surface area contributed by atoms with Gasteiger partial charge < -0.3 is 10.6 Å². The molecule has 0 aliphatic rings. The summed E-state index contributed by atoms with van der Waals surface area (Å²) in [5, 5.41) is 0. The third-order valence-corrected chi connectivity index (χ3v) is 2.42. The summed E-state index contributed by atoms with van der Waals surface area (Å²) in [7, 11) is 1.58. The van der Waals surface area contributed by atoms with Crippen LogP contribution in [0.2, 0.25) is 0 Å². The quantitative estimate of drug-likeness (QED) is 0.888. The Kier molecular flexibility index (Phi) is 4.34. The molecule has 1 heterocycles. The third-order valence-electron chi connectivity index (χ3n) is 2.42. The summed E-state index contributed by atoms with van der Waals surface area (Å²) < 4.78 is 36.1. The second-order valence-corrected chi connectivity index (χ2v) is 4.03. The van der Waals surface area contributed by atoms with Crippen LogP contribution in [0, 0.1) is 0 Å². The Morgan fingerprint density at radius 2 is 2.06 bits per heavy atom. The van der Waals surface area contributed by atoms with Gasteiger partial charge in [0.25, 0.3) is 0 Å². The molecular formula is C11H16F3N3. The number of aromatic nitrogens is 1. The normalized spacial score (nSPS) is 13.5. The zero-order valence-electron chi connectivity index (χ0n) is 9.83. The lowest BCUT2D eigenvalue weighted by Crippen LogP contribution is -2.24. The van der Waals surface area contributed by atoms with Crippen LogP contribution in [-0.2, 0) is 0 Å². The minimum Gasteiger partial charge on any atom is -0.359 e. The molecular weight excluding hydrogens is 231 g/mol. The van der Waals surface area contributed by atoms with Gasteiger partial charge in [-0.05, 0) is 18.6 Å². The molecule has 0 radical (unpaired) electrons. The van der Waals surface area contributed by atoms with Crippen molar-refractivity contribution >= 4 is 5.82 Å². The van der Waals surface area contributed by atoms with Crippen LogP contribution < -0.4 is 10.6 Å². The summed E-state index contributed by atoms with van der Waals surface area (Å²) >= 11 is 0. The van der Waals surface area contributed by atoms with Crippen molar-refractivity contribution < 1.29 is 13.2 Å². The second-order valence-electron chi connectivity index (χ2n) is 4.03. The fourth-order valence-corrected chi connectivity index (χ4v) is 1.30. The zero-order valence-corrected chi connectivity index (χ0v) is 9.83. The third kappa shape index (κ3) is 4.60. The molecule has 1 aromatic heterocycles. The molecule has 0 amide bonds. The molecule has 1 aromatic rings. The number of alkyl halides is 3. The van der Waals surface area contributed by atoms with Crippen molar-refractivity contribution in [3.05, 3.63) is 23.9 Å². The van der Waals surface area contributed by atoms with Gasteiger partial charge in [0.15, 0.2) is 0 Å². The molecule has 0 aliphatic carbocycles. The predicted octanol–water partition coefficient (Wildman–Crippen LogP) is 2.49. The molecule has 0 saturated carbocycles. The maximum absolute atomic E-state index is 12.0. The van der Waals surface area contributed by atoms with Gasteiger partial charge in [0, 0.05) is 25.8 Å². The van der Waals surface area contributed by atoms with Gasteiger partial charge in [-0.15, -0.1) is 0 Å². The van der Waals surface area contributed by atoms with E-state index in [-0.39, 0.29) is 12.6 Å². The number of hydrogen-bond donors (Lipinski definition) is 1. The topological polar surface area (TPSA) is 42.1 Å². The first-order valence-electron chi connectivity index (χ1n) is 5.29. The van der Waals surface area contributed by atoms with E-state index in [4.69, 9.17) is 5.73 Å². The largest absolute Gasteiger partial charge is 0.390 e. The van der Waals surface area contributed by atoms with E-state index in [1.807, 2.05) is 6.92 Å². The van der Waals surface area contributed by atoms with Crippen LogP contribution >= 0.6 is 0 Å². The summed E-state index contributed by atoms with van der Waals surface area (Å²) in [4.78, 5) is 5.55. The first kappa shape index (κ1) is 13.8. The van der Waals surface area contributed by atoms with Gasteiger partial charge in [-0.25, -0.2) is 4.98 Å². The highest BCUT2D eigenvalue weighted by Crippen LogP contribution is 2.21. The highest BCUT2D eigenvalue weighted by molar-refractivity contribution is 5.38. The number of rotatable bonds is 4. The predicted molar refractivity (Wildman–Crippen MR) is 60.8 cm³/mol. The lowest BCUT2D eigenvalue weighted by molar-refractivity contribution is -0.132. The van der Waals surface area contributed by atoms with E-state index in [1.54, 1.807) is 25.4 Å². The minimum absolute atomic E-state index is 0.103. The molecule has 1 atom stereocenters. The van der Waals surface area contributed by atoms with Crippen molar-refractivity contribution in [1.82, 2.24) is 4.98 Å². The monoisotopic (exact) mass is 247 g/mol. The number of nitrogens with two attached hydrogens (primary N) is 1. The average Bonchev–Trinajstić information content (AvgIpc) is 2.25. The Balaban J connectivity index is 2.60. The molecule has 2 N–H and O–H groups in total. The van der Waals surface area contributed by atoms with Crippen LogP contribution in [0.4, 0.5) is 19.0 Å². The average molecular weight is 247 g/mol. The molecule has 0 bridgehead atoms. The van der Waals surface area contributed by atoms with Crippen molar-refractivity contribution in [1.29, 1.82) is 0 Å². The fourth-order valence-electron chi connectivity index (χ4n) is 1.30. The molecule has 0 fully saturated rings. The first-order valence-corrected chi connectivity index (χ1v) is 5.29. The highest BCUT2D eigenvalue weighted by Gasteiger charge is 2.27. The summed E-state index contributed by atoms with van der Waals surface area (Å²) in [6.07, 6.45) is -3.40. The van der Waals surface area contributed by atoms with Crippen molar-refractivity contribution in [2.45, 2.75) is 25.6 Å². The van der Waals surface area contributed by atoms with Gasteiger partial charge in [0.05, 0.1) is 6.42 Å². The van der Waals surface area contributed by atoms with Gasteiger partial charge in [-0.1, -0.05) is 6.07 Å². The van der Waals surface area contributed by atoms with Crippen LogP contribution in [-0.4, -0.2) is 24.8 Å². The number of halogens is 3. The van der Waals surface area contributed by atoms with Crippen molar-refractivity contribution in [3.63, 3.8) is 0 Å². The molecule has 17 heavy (non-hydrogen) atoms. The van der Waals surface area contributed by atoms with Crippen LogP contribution in [0.3, 0.4) is 0 Å². The van der Waals surface area contributed by atoms with Gasteiger partial charge in [-0.3, -0.25) is 0 Å². The van der Waals surface area contributed by atoms with Gasteiger partial charge in [-0.2, -0.15) is 13.2 Å². The Hall–Kier alpha value is -1.30. The molecule has 0 saturated heterocycles. The SMILES string of the molecule is CC(N)c1ccc(N(C)CCC(F)(F)F)nc1. The number of nitrogens with zero attached hydrogens (tertiary/aromatic N) is 2. The molecule has 96 valence electrons. The lowest BCUT2D eigenvalue weighted by atomic mass is 10.1. The fraction of sp³-hybridized carbons (Fsp3) is 0.545. The summed E-state index contributed by atoms with van der Waals surface area (Å²) in [6.45, 7) is 1.72. The van der Waals surface area contributed by atoms with Crippen molar-refractivity contribution in [3.8, 4) is 0 Å². The van der Waals surface area contributed by atoms with Crippen LogP contribution in [0.1, 0.15) is 24.9 Å². The van der Waals surface area contributed by atoms with Gasteiger partial charge in [0.1, 0.15) is 5.82 Å². The molecule has 1 unspecified atom stereocenters. The highest BCUT2D eigenvalue weighted by atomic mass is 19.4. The van der Waals surface area contributed by atoms with E-state index in [0.717, 1.165) is 5.56 Å². The van der Waals surface area contributed by atoms with Crippen LogP contribution in [0.5, 0.6) is 0 Å². The van der Waals surface area contributed by atoms with E-state index >= 15 is 0 Å². The Morgan fingerprint density at radius 3 is 2.47 bits per heavy atom. The Morgan fingerprint density at radius 1 is 1.41 bits per heavy atom. The Bertz CT molecular complexity index is 346. The molecule has 1 rings (SSSR count). The van der Waals surface area contributed by atoms with Crippen LogP contribution in [0.15, 0.2) is 18.3 Å². The smallest absolute Gasteiger partial charge is 0.359 e. The van der Waals surface area contributed by atoms with Crippen LogP contribution in [0.25, 0.3) is 0 Å². The first-order chi connectivity index (χ1) is 7.79. The Labute approximate surface area is 98.4 Å². The summed E-state index contributed by atoms with van der Waals surface area (Å²) in [5.41, 5.74) is 6.51. The van der Waals surface area contributed by atoms with Crippen molar-refractivity contribution in [2.75, 3.05) is 18.5 Å². The lowest BCUT2D eigenvalue weighted by Gasteiger charge is -2.19. The molecule has 0 aliphatic heterocycles. The van der Waals surface area contributed by atoms with E-state index in [0.29, 0.717) is 5.82 Å².